The highest BCUT2D eigenvalue weighted by Crippen LogP contribution is 2.23. The lowest BCUT2D eigenvalue weighted by Crippen LogP contribution is -2.46. The van der Waals surface area contributed by atoms with E-state index in [0.717, 1.165) is 56.4 Å². The summed E-state index contributed by atoms with van der Waals surface area (Å²) in [6.45, 7) is 8.60. The highest BCUT2D eigenvalue weighted by atomic mass is 32.2. The van der Waals surface area contributed by atoms with Crippen LogP contribution in [0.4, 0.5) is 0 Å². The molecule has 4 atom stereocenters. The van der Waals surface area contributed by atoms with Gasteiger partial charge in [-0.25, -0.2) is 0 Å². The zero-order valence-corrected chi connectivity index (χ0v) is 19.8. The molecular formula is C24H40N4OS. The number of nitrogens with zero attached hydrogens (tertiary/aromatic N) is 2. The molecule has 0 aromatic heterocycles. The van der Waals surface area contributed by atoms with Crippen molar-refractivity contribution < 1.29 is 4.21 Å². The average molecular weight is 433 g/mol. The summed E-state index contributed by atoms with van der Waals surface area (Å²) in [6, 6.07) is 9.12. The molecule has 6 heteroatoms. The van der Waals surface area contributed by atoms with Gasteiger partial charge in [-0.2, -0.15) is 0 Å². The van der Waals surface area contributed by atoms with E-state index in [2.05, 4.69) is 51.7 Å². The van der Waals surface area contributed by atoms with Crippen LogP contribution in [0.1, 0.15) is 63.5 Å². The summed E-state index contributed by atoms with van der Waals surface area (Å²) >= 11 is 0. The van der Waals surface area contributed by atoms with Gasteiger partial charge in [-0.1, -0.05) is 44.5 Å². The van der Waals surface area contributed by atoms with Gasteiger partial charge >= 0.3 is 0 Å². The molecule has 0 amide bonds. The number of guanidine groups is 1. The van der Waals surface area contributed by atoms with Crippen molar-refractivity contribution in [2.45, 2.75) is 76.8 Å². The highest BCUT2D eigenvalue weighted by Gasteiger charge is 2.26. The molecule has 0 spiro atoms. The Bertz CT molecular complexity index is 723. The maximum absolute atomic E-state index is 12.2. The van der Waals surface area contributed by atoms with Crippen LogP contribution >= 0.6 is 0 Å². The molecule has 1 saturated heterocycles. The number of piperidine rings is 1. The molecule has 30 heavy (non-hydrogen) atoms. The van der Waals surface area contributed by atoms with Crippen molar-refractivity contribution in [1.29, 1.82) is 0 Å². The second kappa shape index (κ2) is 11.8. The fourth-order valence-electron chi connectivity index (χ4n) is 4.87. The Labute approximate surface area is 185 Å². The number of hydrogen-bond acceptors (Lipinski definition) is 3. The fraction of sp³-hybridized carbons (Fsp3) is 0.708. The van der Waals surface area contributed by atoms with E-state index < -0.39 is 10.8 Å². The van der Waals surface area contributed by atoms with Gasteiger partial charge in [0.15, 0.2) is 5.96 Å². The minimum absolute atomic E-state index is 0.326. The zero-order valence-electron chi connectivity index (χ0n) is 19.0. The summed E-state index contributed by atoms with van der Waals surface area (Å²) in [5.41, 5.74) is 2.75. The normalized spacial score (nSPS) is 26.9. The Kier molecular flexibility index (Phi) is 9.19. The van der Waals surface area contributed by atoms with Crippen LogP contribution in [0.2, 0.25) is 0 Å². The van der Waals surface area contributed by atoms with Crippen LogP contribution in [0.25, 0.3) is 0 Å². The lowest BCUT2D eigenvalue weighted by molar-refractivity contribution is 0.176. The van der Waals surface area contributed by atoms with Crippen LogP contribution in [0, 0.1) is 5.92 Å². The van der Waals surface area contributed by atoms with Gasteiger partial charge in [-0.15, -0.1) is 0 Å². The average Bonchev–Trinajstić information content (AvgIpc) is 2.77. The number of benzene rings is 1. The molecule has 2 fully saturated rings. The van der Waals surface area contributed by atoms with Gasteiger partial charge in [-0.3, -0.25) is 14.1 Å². The molecule has 0 bridgehead atoms. The van der Waals surface area contributed by atoms with Crippen molar-refractivity contribution >= 4 is 16.8 Å². The molecule has 2 aliphatic rings. The third-order valence-electron chi connectivity index (χ3n) is 6.55. The van der Waals surface area contributed by atoms with Gasteiger partial charge < -0.3 is 10.6 Å². The summed E-state index contributed by atoms with van der Waals surface area (Å²) in [6.07, 6.45) is 7.00. The number of hydrogen-bond donors (Lipinski definition) is 2. The number of rotatable bonds is 7. The smallest absolute Gasteiger partial charge is 0.191 e. The Morgan fingerprint density at radius 1 is 1.20 bits per heavy atom. The highest BCUT2D eigenvalue weighted by molar-refractivity contribution is 7.85. The van der Waals surface area contributed by atoms with Crippen molar-refractivity contribution in [3.8, 4) is 0 Å². The van der Waals surface area contributed by atoms with Crippen LogP contribution in [-0.2, 0) is 23.9 Å². The lowest BCUT2D eigenvalue weighted by Gasteiger charge is -2.31. The monoisotopic (exact) mass is 432 g/mol. The minimum atomic E-state index is -0.699. The maximum Gasteiger partial charge on any atom is 0.191 e. The largest absolute Gasteiger partial charge is 0.354 e. The standard InChI is InChI=1S/C24H40N4OS/c1-4-30(29)23-13-7-12-22(15-23)27-24(25-3)26-16-20-10-5-6-11-21(20)18-28-14-8-9-19(2)17-28/h5-6,10-11,19,22-23H,4,7-9,12-18H2,1-3H3,(H2,25,26,27). The predicted molar refractivity (Wildman–Crippen MR) is 128 cm³/mol. The van der Waals surface area contributed by atoms with E-state index in [1.807, 2.05) is 14.0 Å². The molecule has 4 unspecified atom stereocenters. The van der Waals surface area contributed by atoms with E-state index in [4.69, 9.17) is 0 Å². The molecule has 1 saturated carbocycles. The zero-order chi connectivity index (χ0) is 21.3. The first kappa shape index (κ1) is 23.3. The first-order valence-corrected chi connectivity index (χ1v) is 13.1. The molecule has 1 aliphatic heterocycles. The lowest BCUT2D eigenvalue weighted by atomic mass is 9.95. The third kappa shape index (κ3) is 6.81. The number of aliphatic imine (C=N–C) groups is 1. The van der Waals surface area contributed by atoms with E-state index in [9.17, 15) is 4.21 Å². The van der Waals surface area contributed by atoms with E-state index in [1.54, 1.807) is 0 Å². The summed E-state index contributed by atoms with van der Waals surface area (Å²) in [5, 5.41) is 7.43. The Hall–Kier alpha value is -1.40. The second-order valence-electron chi connectivity index (χ2n) is 8.98. The molecule has 0 radical (unpaired) electrons. The van der Waals surface area contributed by atoms with Crippen LogP contribution in [0.3, 0.4) is 0 Å². The van der Waals surface area contributed by atoms with E-state index >= 15 is 0 Å². The van der Waals surface area contributed by atoms with Crippen molar-refractivity contribution in [3.05, 3.63) is 35.4 Å². The van der Waals surface area contributed by atoms with Crippen molar-refractivity contribution in [3.63, 3.8) is 0 Å². The molecule has 168 valence electrons. The molecule has 2 N–H and O–H groups in total. The maximum atomic E-state index is 12.2. The number of nitrogens with one attached hydrogen (secondary N) is 2. The second-order valence-corrected chi connectivity index (χ2v) is 11.0. The SMILES string of the molecule is CCS(=O)C1CCCC(NC(=NC)NCc2ccccc2CN2CCCC(C)C2)C1. The van der Waals surface area contributed by atoms with Crippen LogP contribution in [0.15, 0.2) is 29.3 Å². The Morgan fingerprint density at radius 3 is 2.73 bits per heavy atom. The van der Waals surface area contributed by atoms with Gasteiger partial charge in [0.1, 0.15) is 0 Å². The van der Waals surface area contributed by atoms with Gasteiger partial charge in [0.25, 0.3) is 0 Å². The van der Waals surface area contributed by atoms with Gasteiger partial charge in [0, 0.05) is 54.5 Å². The van der Waals surface area contributed by atoms with Gasteiger partial charge in [0.05, 0.1) is 0 Å². The predicted octanol–water partition coefficient (Wildman–Crippen LogP) is 3.66. The quantitative estimate of drug-likeness (QED) is 0.510. The third-order valence-corrected chi connectivity index (χ3v) is 8.29. The van der Waals surface area contributed by atoms with Crippen molar-refractivity contribution in [2.75, 3.05) is 25.9 Å². The minimum Gasteiger partial charge on any atom is -0.354 e. The van der Waals surface area contributed by atoms with Crippen molar-refractivity contribution in [1.82, 2.24) is 15.5 Å². The molecule has 1 aromatic rings. The summed E-state index contributed by atoms with van der Waals surface area (Å²) in [5.74, 6) is 2.41. The number of likely N-dealkylation sites (tertiary alicyclic amines) is 1. The van der Waals surface area contributed by atoms with Crippen molar-refractivity contribution in [2.24, 2.45) is 10.9 Å². The summed E-state index contributed by atoms with van der Waals surface area (Å²) in [4.78, 5) is 7.04. The van der Waals surface area contributed by atoms with Gasteiger partial charge in [-0.05, 0) is 55.7 Å². The molecule has 1 aromatic carbocycles. The summed E-state index contributed by atoms with van der Waals surface area (Å²) in [7, 11) is 1.14. The molecular weight excluding hydrogens is 392 g/mol. The van der Waals surface area contributed by atoms with E-state index in [0.29, 0.717) is 11.3 Å². The first-order chi connectivity index (χ1) is 14.6. The van der Waals surface area contributed by atoms with E-state index in [-0.39, 0.29) is 0 Å². The Balaban J connectivity index is 1.54. The topological polar surface area (TPSA) is 56.7 Å². The van der Waals surface area contributed by atoms with E-state index in [1.165, 1.54) is 37.1 Å². The molecule has 3 rings (SSSR count). The molecule has 1 aliphatic carbocycles. The summed E-state index contributed by atoms with van der Waals surface area (Å²) < 4.78 is 12.2. The van der Waals surface area contributed by atoms with Gasteiger partial charge in [0.2, 0.25) is 0 Å². The molecule has 5 nitrogen and oxygen atoms in total. The first-order valence-electron chi connectivity index (χ1n) is 11.7. The van der Waals surface area contributed by atoms with Crippen LogP contribution < -0.4 is 10.6 Å². The van der Waals surface area contributed by atoms with Crippen LogP contribution in [-0.4, -0.2) is 52.3 Å². The fourth-order valence-corrected chi connectivity index (χ4v) is 6.22. The van der Waals surface area contributed by atoms with Crippen LogP contribution in [0.5, 0.6) is 0 Å². The Morgan fingerprint density at radius 2 is 2.00 bits per heavy atom. The molecule has 1 heterocycles.